The van der Waals surface area contributed by atoms with Crippen LogP contribution >= 0.6 is 12.4 Å². The van der Waals surface area contributed by atoms with E-state index < -0.39 is 0 Å². The molecule has 2 nitrogen and oxygen atoms in total. The molecule has 0 saturated carbocycles. The molecule has 2 N–H and O–H groups in total. The van der Waals surface area contributed by atoms with Gasteiger partial charge in [-0.1, -0.05) is 68.3 Å². The highest BCUT2D eigenvalue weighted by Gasteiger charge is 2.11. The molecule has 0 aliphatic carbocycles. The number of halogens is 1. The van der Waals surface area contributed by atoms with Crippen LogP contribution in [0, 0.1) is 0 Å². The third-order valence-electron chi connectivity index (χ3n) is 3.42. The van der Waals surface area contributed by atoms with Crippen molar-refractivity contribution in [2.45, 2.75) is 38.8 Å². The Hall–Kier alpha value is -1.51. The van der Waals surface area contributed by atoms with Crippen LogP contribution in [-0.2, 0) is 6.61 Å². The highest BCUT2D eigenvalue weighted by Crippen LogP contribution is 2.27. The molecule has 1 atom stereocenters. The molecule has 2 aromatic carbocycles. The van der Waals surface area contributed by atoms with Crippen LogP contribution in [-0.4, -0.2) is 0 Å². The summed E-state index contributed by atoms with van der Waals surface area (Å²) in [6.45, 7) is 2.77. The van der Waals surface area contributed by atoms with Gasteiger partial charge in [-0.05, 0) is 18.1 Å². The van der Waals surface area contributed by atoms with Crippen molar-refractivity contribution in [2.24, 2.45) is 5.73 Å². The fourth-order valence-corrected chi connectivity index (χ4v) is 2.23. The summed E-state index contributed by atoms with van der Waals surface area (Å²) in [5, 5.41) is 0. The van der Waals surface area contributed by atoms with E-state index in [9.17, 15) is 0 Å². The van der Waals surface area contributed by atoms with E-state index in [1.165, 1.54) is 12.0 Å². The van der Waals surface area contributed by atoms with E-state index >= 15 is 0 Å². The maximum Gasteiger partial charge on any atom is 0.124 e. The number of unbranched alkanes of at least 4 members (excludes halogenated alkanes) is 1. The van der Waals surface area contributed by atoms with Crippen LogP contribution in [0.4, 0.5) is 0 Å². The average Bonchev–Trinajstić information content (AvgIpc) is 2.52. The second-order valence-electron chi connectivity index (χ2n) is 5.06. The lowest BCUT2D eigenvalue weighted by Gasteiger charge is -2.16. The van der Waals surface area contributed by atoms with E-state index in [4.69, 9.17) is 10.5 Å². The third kappa shape index (κ3) is 5.41. The first-order valence-corrected chi connectivity index (χ1v) is 7.32. The van der Waals surface area contributed by atoms with Crippen molar-refractivity contribution in [3.05, 3.63) is 65.7 Å². The van der Waals surface area contributed by atoms with E-state index in [1.807, 2.05) is 36.4 Å². The summed E-state index contributed by atoms with van der Waals surface area (Å²) >= 11 is 0. The van der Waals surface area contributed by atoms with Gasteiger partial charge in [0.05, 0.1) is 0 Å². The number of hydrogen-bond acceptors (Lipinski definition) is 2. The van der Waals surface area contributed by atoms with Gasteiger partial charge in [0.25, 0.3) is 0 Å². The van der Waals surface area contributed by atoms with Gasteiger partial charge in [0.1, 0.15) is 12.4 Å². The van der Waals surface area contributed by atoms with Crippen molar-refractivity contribution in [3.8, 4) is 5.75 Å². The largest absolute Gasteiger partial charge is 0.489 e. The number of ether oxygens (including phenoxy) is 1. The second kappa shape index (κ2) is 9.43. The van der Waals surface area contributed by atoms with Gasteiger partial charge in [-0.2, -0.15) is 0 Å². The van der Waals surface area contributed by atoms with Gasteiger partial charge in [-0.15, -0.1) is 12.4 Å². The molecule has 0 unspecified atom stereocenters. The van der Waals surface area contributed by atoms with Crippen molar-refractivity contribution in [1.29, 1.82) is 0 Å². The molecule has 114 valence electrons. The topological polar surface area (TPSA) is 35.2 Å². The minimum atomic E-state index is 0. The molecule has 0 amide bonds. The highest BCUT2D eigenvalue weighted by molar-refractivity contribution is 5.85. The van der Waals surface area contributed by atoms with Gasteiger partial charge in [-0.3, -0.25) is 0 Å². The van der Waals surface area contributed by atoms with E-state index in [2.05, 4.69) is 25.1 Å². The SMILES string of the molecule is CCCC[C@@H](N)c1ccccc1OCc1ccccc1.Cl. The van der Waals surface area contributed by atoms with Gasteiger partial charge in [0, 0.05) is 11.6 Å². The summed E-state index contributed by atoms with van der Waals surface area (Å²) in [5.74, 6) is 0.903. The Bertz CT molecular complexity index is 516. The number of benzene rings is 2. The van der Waals surface area contributed by atoms with Crippen LogP contribution in [0.1, 0.15) is 43.4 Å². The third-order valence-corrected chi connectivity index (χ3v) is 3.42. The second-order valence-corrected chi connectivity index (χ2v) is 5.06. The Morgan fingerprint density at radius 1 is 1.00 bits per heavy atom. The molecule has 2 rings (SSSR count). The predicted octanol–water partition coefficient (Wildman–Crippen LogP) is 4.88. The molecule has 0 bridgehead atoms. The molecule has 0 heterocycles. The van der Waals surface area contributed by atoms with E-state index in [1.54, 1.807) is 0 Å². The fraction of sp³-hybridized carbons (Fsp3) is 0.333. The molecule has 0 aromatic heterocycles. The monoisotopic (exact) mass is 305 g/mol. The number of hydrogen-bond donors (Lipinski definition) is 1. The Labute approximate surface area is 133 Å². The summed E-state index contributed by atoms with van der Waals surface area (Å²) in [5.41, 5.74) is 8.55. The molecular formula is C18H24ClNO. The van der Waals surface area contributed by atoms with Crippen LogP contribution in [0.25, 0.3) is 0 Å². The molecule has 2 aromatic rings. The standard InChI is InChI=1S/C18H23NO.ClH/c1-2-3-12-17(19)16-11-7-8-13-18(16)20-14-15-9-5-4-6-10-15;/h4-11,13,17H,2-3,12,14,19H2,1H3;1H/t17-;/m1./s1. The maximum atomic E-state index is 6.27. The Balaban J connectivity index is 0.00000220. The van der Waals surface area contributed by atoms with Crippen LogP contribution in [0.5, 0.6) is 5.75 Å². The van der Waals surface area contributed by atoms with E-state index in [0.29, 0.717) is 6.61 Å². The fourth-order valence-electron chi connectivity index (χ4n) is 2.23. The summed E-state index contributed by atoms with van der Waals surface area (Å²) in [6.07, 6.45) is 3.32. The molecule has 0 fully saturated rings. The minimum Gasteiger partial charge on any atom is -0.489 e. The lowest BCUT2D eigenvalue weighted by Crippen LogP contribution is -2.12. The first-order valence-electron chi connectivity index (χ1n) is 7.32. The molecular weight excluding hydrogens is 282 g/mol. The predicted molar refractivity (Wildman–Crippen MR) is 90.9 cm³/mol. The lowest BCUT2D eigenvalue weighted by molar-refractivity contribution is 0.300. The van der Waals surface area contributed by atoms with Crippen LogP contribution in [0.15, 0.2) is 54.6 Å². The molecule has 3 heteroatoms. The zero-order chi connectivity index (χ0) is 14.2. The number of nitrogens with two attached hydrogens (primary N) is 1. The molecule has 21 heavy (non-hydrogen) atoms. The van der Waals surface area contributed by atoms with Crippen molar-refractivity contribution in [2.75, 3.05) is 0 Å². The molecule has 0 spiro atoms. The Kier molecular flexibility index (Phi) is 7.88. The van der Waals surface area contributed by atoms with Gasteiger partial charge in [-0.25, -0.2) is 0 Å². The first kappa shape index (κ1) is 17.5. The quantitative estimate of drug-likeness (QED) is 0.791. The highest BCUT2D eigenvalue weighted by atomic mass is 35.5. The van der Waals surface area contributed by atoms with Gasteiger partial charge >= 0.3 is 0 Å². The Morgan fingerprint density at radius 2 is 1.67 bits per heavy atom. The van der Waals surface area contributed by atoms with Crippen molar-refractivity contribution < 1.29 is 4.74 Å². The molecule has 0 aliphatic heterocycles. The van der Waals surface area contributed by atoms with E-state index in [0.717, 1.165) is 24.2 Å². The minimum absolute atomic E-state index is 0. The smallest absolute Gasteiger partial charge is 0.124 e. The van der Waals surface area contributed by atoms with Gasteiger partial charge in [0.15, 0.2) is 0 Å². The lowest BCUT2D eigenvalue weighted by atomic mass is 10.0. The maximum absolute atomic E-state index is 6.27. The summed E-state index contributed by atoms with van der Waals surface area (Å²) < 4.78 is 5.94. The number of para-hydroxylation sites is 1. The summed E-state index contributed by atoms with van der Waals surface area (Å²) in [7, 11) is 0. The molecule has 0 aliphatic rings. The van der Waals surface area contributed by atoms with Gasteiger partial charge in [0.2, 0.25) is 0 Å². The zero-order valence-corrected chi connectivity index (χ0v) is 13.3. The van der Waals surface area contributed by atoms with Crippen LogP contribution < -0.4 is 10.5 Å². The Morgan fingerprint density at radius 3 is 2.38 bits per heavy atom. The normalized spacial score (nSPS) is 11.5. The zero-order valence-electron chi connectivity index (χ0n) is 12.5. The average molecular weight is 306 g/mol. The van der Waals surface area contributed by atoms with Gasteiger partial charge < -0.3 is 10.5 Å². The van der Waals surface area contributed by atoms with Crippen LogP contribution in [0.3, 0.4) is 0 Å². The van der Waals surface area contributed by atoms with E-state index in [-0.39, 0.29) is 18.4 Å². The summed E-state index contributed by atoms with van der Waals surface area (Å²) in [4.78, 5) is 0. The van der Waals surface area contributed by atoms with Crippen molar-refractivity contribution >= 4 is 12.4 Å². The van der Waals surface area contributed by atoms with Crippen molar-refractivity contribution in [3.63, 3.8) is 0 Å². The first-order chi connectivity index (χ1) is 9.81. The van der Waals surface area contributed by atoms with Crippen molar-refractivity contribution in [1.82, 2.24) is 0 Å². The van der Waals surface area contributed by atoms with Crippen LogP contribution in [0.2, 0.25) is 0 Å². The number of rotatable bonds is 7. The molecule has 0 saturated heterocycles. The summed E-state index contributed by atoms with van der Waals surface area (Å²) in [6, 6.07) is 18.4. The molecule has 0 radical (unpaired) electrons.